The Hall–Kier alpha value is -4.29. The van der Waals surface area contributed by atoms with Crippen LogP contribution in [-0.2, 0) is 0 Å². The van der Waals surface area contributed by atoms with Crippen molar-refractivity contribution in [2.45, 2.75) is 0 Å². The highest BCUT2D eigenvalue weighted by Crippen LogP contribution is 2.32. The first-order valence-electron chi connectivity index (χ1n) is 9.09. The summed E-state index contributed by atoms with van der Waals surface area (Å²) in [6.07, 6.45) is 2.64. The lowest BCUT2D eigenvalue weighted by atomic mass is 10.2. The van der Waals surface area contributed by atoms with Gasteiger partial charge in [0.2, 0.25) is 10.6 Å². The highest BCUT2D eigenvalue weighted by molar-refractivity contribution is 7.07. The number of aromatic hydroxyl groups is 1. The number of nitro benzene ring substituents is 2. The number of thiazole rings is 1. The van der Waals surface area contributed by atoms with Crippen LogP contribution in [0.15, 0.2) is 74.7 Å². The molecule has 11 nitrogen and oxygen atoms in total. The van der Waals surface area contributed by atoms with E-state index >= 15 is 0 Å². The molecule has 0 saturated heterocycles. The highest BCUT2D eigenvalue weighted by atomic mass is 35.5. The molecule has 13 heteroatoms. The van der Waals surface area contributed by atoms with Gasteiger partial charge in [-0.2, -0.15) is 5.10 Å². The highest BCUT2D eigenvalue weighted by Gasteiger charge is 2.19. The lowest BCUT2D eigenvalue weighted by molar-refractivity contribution is -0.385. The van der Waals surface area contributed by atoms with Crippen LogP contribution >= 0.6 is 22.9 Å². The second kappa shape index (κ2) is 9.06. The van der Waals surface area contributed by atoms with Gasteiger partial charge < -0.3 is 9.52 Å². The number of hydrogen-bond donors (Lipinski definition) is 1. The molecular formula is C20H12ClN5O6S. The van der Waals surface area contributed by atoms with Gasteiger partial charge in [-0.25, -0.2) is 9.67 Å². The van der Waals surface area contributed by atoms with Crippen molar-refractivity contribution in [3.63, 3.8) is 0 Å². The van der Waals surface area contributed by atoms with Crippen LogP contribution in [0.2, 0.25) is 5.02 Å². The molecule has 0 aliphatic carbocycles. The third kappa shape index (κ3) is 4.51. The second-order valence-electron chi connectivity index (χ2n) is 6.41. The number of furan rings is 1. The fourth-order valence-electron chi connectivity index (χ4n) is 2.86. The Labute approximate surface area is 193 Å². The summed E-state index contributed by atoms with van der Waals surface area (Å²) in [6.45, 7) is 0. The predicted molar refractivity (Wildman–Crippen MR) is 121 cm³/mol. The largest absolute Gasteiger partial charge is 0.502 e. The van der Waals surface area contributed by atoms with Crippen molar-refractivity contribution < 1.29 is 19.4 Å². The molecule has 0 radical (unpaired) electrons. The molecule has 0 saturated carbocycles. The van der Waals surface area contributed by atoms with E-state index in [0.717, 1.165) is 17.4 Å². The van der Waals surface area contributed by atoms with Crippen molar-refractivity contribution in [1.82, 2.24) is 4.68 Å². The predicted octanol–water partition coefficient (Wildman–Crippen LogP) is 5.10. The topological polar surface area (TPSA) is 149 Å². The fourth-order valence-corrected chi connectivity index (χ4v) is 3.91. The van der Waals surface area contributed by atoms with Crippen LogP contribution in [0.25, 0.3) is 11.5 Å². The van der Waals surface area contributed by atoms with Gasteiger partial charge in [0.05, 0.1) is 22.3 Å². The van der Waals surface area contributed by atoms with Crippen molar-refractivity contribution >= 4 is 46.2 Å². The monoisotopic (exact) mass is 485 g/mol. The molecule has 0 atom stereocenters. The Morgan fingerprint density at radius 1 is 1.09 bits per heavy atom. The van der Waals surface area contributed by atoms with Gasteiger partial charge in [-0.1, -0.05) is 23.7 Å². The van der Waals surface area contributed by atoms with E-state index in [0.29, 0.717) is 11.5 Å². The number of hydrogen-bond acceptors (Lipinski definition) is 9. The summed E-state index contributed by atoms with van der Waals surface area (Å²) < 4.78 is 6.77. The minimum absolute atomic E-state index is 0.00469. The zero-order valence-electron chi connectivity index (χ0n) is 16.4. The van der Waals surface area contributed by atoms with Crippen LogP contribution < -0.4 is 4.80 Å². The van der Waals surface area contributed by atoms with Crippen LogP contribution in [0.5, 0.6) is 5.75 Å². The summed E-state index contributed by atoms with van der Waals surface area (Å²) in [5.41, 5.74) is -0.190. The maximum atomic E-state index is 11.4. The third-order valence-corrected chi connectivity index (χ3v) is 5.38. The summed E-state index contributed by atoms with van der Waals surface area (Å²) in [6, 6.07) is 11.7. The average molecular weight is 486 g/mol. The smallest absolute Gasteiger partial charge is 0.312 e. The number of nitrogens with zero attached hydrogens (tertiary/aromatic N) is 5. The van der Waals surface area contributed by atoms with Crippen molar-refractivity contribution in [1.29, 1.82) is 0 Å². The molecule has 0 spiro atoms. The molecule has 2 aromatic heterocycles. The molecule has 0 bridgehead atoms. The molecule has 4 aromatic rings. The number of para-hydroxylation sites is 2. The minimum Gasteiger partial charge on any atom is -0.502 e. The Balaban J connectivity index is 1.89. The van der Waals surface area contributed by atoms with Crippen LogP contribution in [-0.4, -0.2) is 25.8 Å². The molecule has 166 valence electrons. The maximum absolute atomic E-state index is 11.4. The number of aromatic nitrogens is 1. The van der Waals surface area contributed by atoms with Crippen molar-refractivity contribution in [2.75, 3.05) is 0 Å². The molecule has 2 aromatic carbocycles. The standard InChI is InChI=1S/C20H12ClN5O6S/c21-13-8-12(19(27)16(9-13)26(30)31)10-22-24-17(18-6-3-7-32-18)11-33-20(24)23-14-4-1-2-5-15(14)25(28)29/h1-11,27H. The molecule has 0 fully saturated rings. The molecule has 0 aliphatic rings. The zero-order chi connectivity index (χ0) is 23.5. The lowest BCUT2D eigenvalue weighted by Crippen LogP contribution is -2.11. The average Bonchev–Trinajstić information content (AvgIpc) is 3.44. The summed E-state index contributed by atoms with van der Waals surface area (Å²) in [7, 11) is 0. The van der Waals surface area contributed by atoms with Gasteiger partial charge in [0.15, 0.2) is 5.76 Å². The van der Waals surface area contributed by atoms with Crippen LogP contribution in [0.1, 0.15) is 5.56 Å². The summed E-state index contributed by atoms with van der Waals surface area (Å²) in [5.74, 6) is -0.172. The zero-order valence-corrected chi connectivity index (χ0v) is 17.9. The Bertz CT molecular complexity index is 1460. The molecule has 4 rings (SSSR count). The van der Waals surface area contributed by atoms with Crippen LogP contribution in [0, 0.1) is 20.2 Å². The summed E-state index contributed by atoms with van der Waals surface area (Å²) in [4.78, 5) is 25.8. The molecule has 0 aliphatic heterocycles. The lowest BCUT2D eigenvalue weighted by Gasteiger charge is -2.03. The van der Waals surface area contributed by atoms with Crippen molar-refractivity contribution in [3.8, 4) is 17.2 Å². The number of halogens is 1. The van der Waals surface area contributed by atoms with Gasteiger partial charge in [0, 0.05) is 28.1 Å². The van der Waals surface area contributed by atoms with Gasteiger partial charge >= 0.3 is 5.69 Å². The van der Waals surface area contributed by atoms with E-state index in [1.54, 1.807) is 23.6 Å². The molecule has 2 heterocycles. The molecule has 0 unspecified atom stereocenters. The van der Waals surface area contributed by atoms with Gasteiger partial charge in [0.1, 0.15) is 11.4 Å². The molecular weight excluding hydrogens is 474 g/mol. The van der Waals surface area contributed by atoms with Crippen LogP contribution in [0.3, 0.4) is 0 Å². The SMILES string of the molecule is O=[N+]([O-])c1ccccc1N=c1scc(-c2ccco2)n1N=Cc1cc(Cl)cc([N+](=O)[O-])c1O. The molecule has 1 N–H and O–H groups in total. The van der Waals surface area contributed by atoms with E-state index in [-0.39, 0.29) is 26.8 Å². The number of benzene rings is 2. The van der Waals surface area contributed by atoms with E-state index in [2.05, 4.69) is 10.1 Å². The summed E-state index contributed by atoms with van der Waals surface area (Å²) >= 11 is 7.09. The quantitative estimate of drug-likeness (QED) is 0.228. The number of nitro groups is 2. The number of rotatable bonds is 6. The first-order chi connectivity index (χ1) is 15.8. The second-order valence-corrected chi connectivity index (χ2v) is 7.69. The van der Waals surface area contributed by atoms with Gasteiger partial charge in [-0.15, -0.1) is 11.3 Å². The van der Waals surface area contributed by atoms with E-state index in [1.165, 1.54) is 41.4 Å². The van der Waals surface area contributed by atoms with Crippen molar-refractivity contribution in [3.05, 3.63) is 95.8 Å². The normalized spacial score (nSPS) is 11.8. The van der Waals surface area contributed by atoms with E-state index in [9.17, 15) is 25.3 Å². The Kier molecular flexibility index (Phi) is 6.02. The summed E-state index contributed by atoms with van der Waals surface area (Å²) in [5, 5.41) is 38.8. The maximum Gasteiger partial charge on any atom is 0.312 e. The van der Waals surface area contributed by atoms with E-state index in [1.807, 2.05) is 0 Å². The minimum atomic E-state index is -0.764. The fraction of sp³-hybridized carbons (Fsp3) is 0. The third-order valence-electron chi connectivity index (χ3n) is 4.35. The molecule has 33 heavy (non-hydrogen) atoms. The molecule has 0 amide bonds. The number of phenolic OH excluding ortho intramolecular Hbond substituents is 1. The Morgan fingerprint density at radius 2 is 1.85 bits per heavy atom. The van der Waals surface area contributed by atoms with Gasteiger partial charge in [0.25, 0.3) is 5.69 Å². The van der Waals surface area contributed by atoms with E-state index in [4.69, 9.17) is 16.0 Å². The van der Waals surface area contributed by atoms with Gasteiger partial charge in [-0.05, 0) is 24.3 Å². The number of phenols is 1. The van der Waals surface area contributed by atoms with Gasteiger partial charge in [-0.3, -0.25) is 20.2 Å². The van der Waals surface area contributed by atoms with E-state index < -0.39 is 21.3 Å². The first kappa shape index (κ1) is 21.9. The Morgan fingerprint density at radius 3 is 2.55 bits per heavy atom. The first-order valence-corrected chi connectivity index (χ1v) is 10.3. The van der Waals surface area contributed by atoms with Crippen molar-refractivity contribution in [2.24, 2.45) is 10.1 Å². The van der Waals surface area contributed by atoms with Crippen LogP contribution in [0.4, 0.5) is 17.1 Å².